The van der Waals surface area contributed by atoms with Gasteiger partial charge in [-0.25, -0.2) is 0 Å². The Labute approximate surface area is 66.9 Å². The summed E-state index contributed by atoms with van der Waals surface area (Å²) in [5.41, 5.74) is 0. The van der Waals surface area contributed by atoms with Crippen LogP contribution in [0.5, 0.6) is 0 Å². The van der Waals surface area contributed by atoms with E-state index in [0.29, 0.717) is 12.3 Å². The van der Waals surface area contributed by atoms with Gasteiger partial charge in [0.05, 0.1) is 0 Å². The molecule has 0 aromatic heterocycles. The van der Waals surface area contributed by atoms with Gasteiger partial charge in [-0.15, -0.1) is 11.6 Å². The van der Waals surface area contributed by atoms with Gasteiger partial charge in [-0.2, -0.15) is 0 Å². The third-order valence-corrected chi connectivity index (χ3v) is 1.53. The second-order valence-electron chi connectivity index (χ2n) is 2.32. The molecule has 10 heavy (non-hydrogen) atoms. The summed E-state index contributed by atoms with van der Waals surface area (Å²) >= 11 is 5.36. The van der Waals surface area contributed by atoms with E-state index in [1.54, 1.807) is 0 Å². The highest BCUT2D eigenvalue weighted by atomic mass is 35.5. The molecule has 0 radical (unpaired) electrons. The second-order valence-corrected chi connectivity index (χ2v) is 2.69. The maximum atomic E-state index is 10.8. The lowest BCUT2D eigenvalue weighted by molar-refractivity contribution is -0.121. The highest BCUT2D eigenvalue weighted by molar-refractivity contribution is 6.18. The summed E-state index contributed by atoms with van der Waals surface area (Å²) in [5.74, 6) is 0.451. The Hall–Kier alpha value is -0.240. The minimum atomic E-state index is 0.0457. The van der Waals surface area contributed by atoms with Gasteiger partial charge in [0.15, 0.2) is 0 Å². The van der Waals surface area contributed by atoms with Crippen LogP contribution in [-0.2, 0) is 4.79 Å². The molecule has 0 aliphatic rings. The van der Waals surface area contributed by atoms with E-state index in [1.165, 1.54) is 0 Å². The first kappa shape index (κ1) is 9.76. The summed E-state index contributed by atoms with van der Waals surface area (Å²) in [6, 6.07) is 0.274. The normalized spacial score (nSPS) is 12.7. The fourth-order valence-corrected chi connectivity index (χ4v) is 0.707. The molecule has 0 bridgehead atoms. The van der Waals surface area contributed by atoms with Crippen molar-refractivity contribution in [2.45, 2.75) is 32.7 Å². The van der Waals surface area contributed by atoms with Gasteiger partial charge in [-0.1, -0.05) is 6.92 Å². The molecule has 0 aliphatic heterocycles. The van der Waals surface area contributed by atoms with Crippen LogP contribution in [0.4, 0.5) is 0 Å². The van der Waals surface area contributed by atoms with Crippen LogP contribution in [0.2, 0.25) is 0 Å². The Bertz CT molecular complexity index is 106. The largest absolute Gasteiger partial charge is 0.354 e. The summed E-state index contributed by atoms with van der Waals surface area (Å²) in [4.78, 5) is 10.8. The summed E-state index contributed by atoms with van der Waals surface area (Å²) in [5, 5.41) is 2.81. The van der Waals surface area contributed by atoms with Crippen molar-refractivity contribution < 1.29 is 4.79 Å². The zero-order valence-electron chi connectivity index (χ0n) is 6.48. The molecule has 0 unspecified atom stereocenters. The molecule has 0 aromatic carbocycles. The van der Waals surface area contributed by atoms with Crippen molar-refractivity contribution in [3.05, 3.63) is 0 Å². The number of hydrogen-bond donors (Lipinski definition) is 1. The molecule has 1 amide bonds. The summed E-state index contributed by atoms with van der Waals surface area (Å²) in [7, 11) is 0. The Morgan fingerprint density at radius 1 is 1.70 bits per heavy atom. The number of halogens is 1. The van der Waals surface area contributed by atoms with E-state index in [4.69, 9.17) is 11.6 Å². The molecule has 1 atom stereocenters. The fraction of sp³-hybridized carbons (Fsp3) is 0.857. The van der Waals surface area contributed by atoms with E-state index in [0.717, 1.165) is 6.42 Å². The Kier molecular flexibility index (Phi) is 5.40. The lowest BCUT2D eigenvalue weighted by atomic mass is 10.2. The molecule has 0 heterocycles. The Morgan fingerprint density at radius 3 is 2.70 bits per heavy atom. The number of alkyl halides is 1. The van der Waals surface area contributed by atoms with Crippen molar-refractivity contribution in [1.29, 1.82) is 0 Å². The molecular weight excluding hydrogens is 150 g/mol. The SMILES string of the molecule is CC[C@@H](C)NC(=O)CCCl. The third kappa shape index (κ3) is 4.62. The predicted molar refractivity (Wildman–Crippen MR) is 43.2 cm³/mol. The van der Waals surface area contributed by atoms with Gasteiger partial charge < -0.3 is 5.32 Å². The zero-order valence-corrected chi connectivity index (χ0v) is 7.24. The molecule has 60 valence electrons. The first-order chi connectivity index (χ1) is 4.70. The maximum absolute atomic E-state index is 10.8. The average Bonchev–Trinajstić information content (AvgIpc) is 1.88. The van der Waals surface area contributed by atoms with Crippen LogP contribution in [-0.4, -0.2) is 17.8 Å². The predicted octanol–water partition coefficient (Wildman–Crippen LogP) is 1.53. The van der Waals surface area contributed by atoms with Gasteiger partial charge in [-0.3, -0.25) is 4.79 Å². The Morgan fingerprint density at radius 2 is 2.30 bits per heavy atom. The van der Waals surface area contributed by atoms with E-state index in [9.17, 15) is 4.79 Å². The summed E-state index contributed by atoms with van der Waals surface area (Å²) in [6.45, 7) is 4.01. The maximum Gasteiger partial charge on any atom is 0.221 e. The molecule has 0 rings (SSSR count). The molecule has 0 saturated heterocycles. The van der Waals surface area contributed by atoms with Crippen molar-refractivity contribution >= 4 is 17.5 Å². The van der Waals surface area contributed by atoms with E-state index in [-0.39, 0.29) is 11.9 Å². The van der Waals surface area contributed by atoms with Crippen LogP contribution in [0.3, 0.4) is 0 Å². The molecule has 2 nitrogen and oxygen atoms in total. The number of amides is 1. The summed E-state index contributed by atoms with van der Waals surface area (Å²) < 4.78 is 0. The first-order valence-electron chi connectivity index (χ1n) is 3.56. The van der Waals surface area contributed by atoms with Crippen molar-refractivity contribution in [2.75, 3.05) is 5.88 Å². The number of carbonyl (C=O) groups is 1. The van der Waals surface area contributed by atoms with Gasteiger partial charge in [0, 0.05) is 18.3 Å². The van der Waals surface area contributed by atoms with E-state index < -0.39 is 0 Å². The lowest BCUT2D eigenvalue weighted by Gasteiger charge is -2.09. The molecule has 1 N–H and O–H groups in total. The van der Waals surface area contributed by atoms with Crippen LogP contribution in [0, 0.1) is 0 Å². The first-order valence-corrected chi connectivity index (χ1v) is 4.09. The van der Waals surface area contributed by atoms with Gasteiger partial charge >= 0.3 is 0 Å². The van der Waals surface area contributed by atoms with E-state index >= 15 is 0 Å². The van der Waals surface area contributed by atoms with Gasteiger partial charge in [-0.05, 0) is 13.3 Å². The number of hydrogen-bond acceptors (Lipinski definition) is 1. The molecule has 0 aromatic rings. The van der Waals surface area contributed by atoms with Gasteiger partial charge in [0.1, 0.15) is 0 Å². The third-order valence-electron chi connectivity index (χ3n) is 1.34. The smallest absolute Gasteiger partial charge is 0.221 e. The van der Waals surface area contributed by atoms with Gasteiger partial charge in [0.2, 0.25) is 5.91 Å². The second kappa shape index (κ2) is 5.54. The van der Waals surface area contributed by atoms with Crippen LogP contribution in [0.25, 0.3) is 0 Å². The number of nitrogens with one attached hydrogen (secondary N) is 1. The van der Waals surface area contributed by atoms with Crippen molar-refractivity contribution in [1.82, 2.24) is 5.32 Å². The topological polar surface area (TPSA) is 29.1 Å². The van der Waals surface area contributed by atoms with Crippen LogP contribution in [0.15, 0.2) is 0 Å². The highest BCUT2D eigenvalue weighted by Gasteiger charge is 2.02. The van der Waals surface area contributed by atoms with Gasteiger partial charge in [0.25, 0.3) is 0 Å². The van der Waals surface area contributed by atoms with Crippen LogP contribution >= 0.6 is 11.6 Å². The number of carbonyl (C=O) groups excluding carboxylic acids is 1. The molecule has 0 fully saturated rings. The monoisotopic (exact) mass is 163 g/mol. The lowest BCUT2D eigenvalue weighted by Crippen LogP contribution is -2.31. The molecule has 0 saturated carbocycles. The molecule has 0 aliphatic carbocycles. The van der Waals surface area contributed by atoms with E-state index in [2.05, 4.69) is 5.32 Å². The number of rotatable bonds is 4. The van der Waals surface area contributed by atoms with Crippen LogP contribution < -0.4 is 5.32 Å². The molecule has 3 heteroatoms. The minimum absolute atomic E-state index is 0.0457. The molecular formula is C7H14ClNO. The van der Waals surface area contributed by atoms with E-state index in [1.807, 2.05) is 13.8 Å². The standard InChI is InChI=1S/C7H14ClNO/c1-3-6(2)9-7(10)4-5-8/h6H,3-5H2,1-2H3,(H,9,10)/t6-/m1/s1. The molecule has 0 spiro atoms. The average molecular weight is 164 g/mol. The van der Waals surface area contributed by atoms with Crippen molar-refractivity contribution in [3.8, 4) is 0 Å². The summed E-state index contributed by atoms with van der Waals surface area (Å²) in [6.07, 6.45) is 1.39. The van der Waals surface area contributed by atoms with Crippen LogP contribution in [0.1, 0.15) is 26.7 Å². The minimum Gasteiger partial charge on any atom is -0.354 e. The quantitative estimate of drug-likeness (QED) is 0.626. The zero-order chi connectivity index (χ0) is 7.98. The fourth-order valence-electron chi connectivity index (χ4n) is 0.535. The van der Waals surface area contributed by atoms with Crippen molar-refractivity contribution in [3.63, 3.8) is 0 Å². The van der Waals surface area contributed by atoms with Crippen molar-refractivity contribution in [2.24, 2.45) is 0 Å². The highest BCUT2D eigenvalue weighted by Crippen LogP contribution is 1.90. The Balaban J connectivity index is 3.37.